The van der Waals surface area contributed by atoms with Crippen LogP contribution < -0.4 is 11.1 Å². The lowest BCUT2D eigenvalue weighted by Gasteiger charge is -2.12. The van der Waals surface area contributed by atoms with Crippen LogP contribution in [-0.2, 0) is 27.2 Å². The Morgan fingerprint density at radius 1 is 1.36 bits per heavy atom. The Kier molecular flexibility index (Phi) is 5.43. The van der Waals surface area contributed by atoms with Gasteiger partial charge in [-0.3, -0.25) is 9.59 Å². The molecule has 1 aromatic heterocycles. The number of nitrogens with two attached hydrogens (primary N) is 1. The lowest BCUT2D eigenvalue weighted by Crippen LogP contribution is -2.22. The number of aryl methyl sites for hydroxylation is 1. The largest absolute Gasteiger partial charge is 0.462 e. The summed E-state index contributed by atoms with van der Waals surface area (Å²) in [4.78, 5) is 41.1. The van der Waals surface area contributed by atoms with Gasteiger partial charge < -0.3 is 15.8 Å². The number of carbonyl (C=O) groups is 3. The number of aliphatic imine (C=N–C) groups is 1. The van der Waals surface area contributed by atoms with E-state index in [4.69, 9.17) is 10.5 Å². The maximum atomic E-state index is 12.4. The number of nitrogens with one attached hydrogen (secondary N) is 1. The first kappa shape index (κ1) is 17.9. The van der Waals surface area contributed by atoms with Gasteiger partial charge >= 0.3 is 5.97 Å². The second-order valence-electron chi connectivity index (χ2n) is 5.78. The minimum atomic E-state index is -0.597. The molecule has 1 aliphatic carbocycles. The van der Waals surface area contributed by atoms with E-state index in [2.05, 4.69) is 10.3 Å². The van der Waals surface area contributed by atoms with Gasteiger partial charge in [0.05, 0.1) is 12.2 Å². The molecule has 0 fully saturated rings. The van der Waals surface area contributed by atoms with Gasteiger partial charge in [0, 0.05) is 11.3 Å². The molecule has 25 heavy (non-hydrogen) atoms. The standard InChI is InChI=1S/C16H19N3O4S2/c1-2-23-15(22)12-8-5-3-4-6-9(8)24-14(12)18-11(20)7-10-13(21)19-16(17)25-10/h10H,2-7H2,1H3,(H,18,20)(H2,17,19,21)/t10-/m1/s1. The average molecular weight is 381 g/mol. The summed E-state index contributed by atoms with van der Waals surface area (Å²) in [6, 6.07) is 0. The predicted molar refractivity (Wildman–Crippen MR) is 98.2 cm³/mol. The fourth-order valence-corrected chi connectivity index (χ4v) is 5.07. The van der Waals surface area contributed by atoms with Crippen LogP contribution in [0.3, 0.4) is 0 Å². The molecule has 1 atom stereocenters. The van der Waals surface area contributed by atoms with E-state index in [-0.39, 0.29) is 24.1 Å². The number of hydrogen-bond acceptors (Lipinski definition) is 7. The van der Waals surface area contributed by atoms with Crippen molar-refractivity contribution in [2.75, 3.05) is 11.9 Å². The number of hydrogen-bond donors (Lipinski definition) is 2. The molecular weight excluding hydrogens is 362 g/mol. The molecule has 9 heteroatoms. The van der Waals surface area contributed by atoms with E-state index in [0.717, 1.165) is 47.9 Å². The maximum absolute atomic E-state index is 12.4. The van der Waals surface area contributed by atoms with Crippen LogP contribution in [0.4, 0.5) is 5.00 Å². The highest BCUT2D eigenvalue weighted by Gasteiger charge is 2.31. The van der Waals surface area contributed by atoms with Gasteiger partial charge in [-0.2, -0.15) is 4.99 Å². The van der Waals surface area contributed by atoms with Gasteiger partial charge in [0.2, 0.25) is 5.91 Å². The summed E-state index contributed by atoms with van der Waals surface area (Å²) in [5.74, 6) is -1.13. The van der Waals surface area contributed by atoms with Gasteiger partial charge in [0.1, 0.15) is 10.3 Å². The minimum absolute atomic E-state index is 0.0292. The normalized spacial score (nSPS) is 19.3. The second-order valence-corrected chi connectivity index (χ2v) is 8.11. The molecule has 134 valence electrons. The summed E-state index contributed by atoms with van der Waals surface area (Å²) < 4.78 is 5.16. The Bertz CT molecular complexity index is 757. The van der Waals surface area contributed by atoms with E-state index in [0.29, 0.717) is 10.6 Å². The predicted octanol–water partition coefficient (Wildman–Crippen LogP) is 2.09. The SMILES string of the molecule is CCOC(=O)c1c(NC(=O)C[C@H]2SC(N)=NC2=O)sc2c1CCCC2. The molecule has 7 nitrogen and oxygen atoms in total. The van der Waals surface area contributed by atoms with E-state index in [1.54, 1.807) is 6.92 Å². The van der Waals surface area contributed by atoms with Crippen LogP contribution >= 0.6 is 23.1 Å². The number of ether oxygens (including phenoxy) is 1. The molecule has 0 bridgehead atoms. The highest BCUT2D eigenvalue weighted by Crippen LogP contribution is 2.39. The smallest absolute Gasteiger partial charge is 0.341 e. The monoisotopic (exact) mass is 381 g/mol. The highest BCUT2D eigenvalue weighted by atomic mass is 32.2. The first-order chi connectivity index (χ1) is 12.0. The lowest BCUT2D eigenvalue weighted by atomic mass is 9.95. The summed E-state index contributed by atoms with van der Waals surface area (Å²) in [7, 11) is 0. The van der Waals surface area contributed by atoms with Crippen molar-refractivity contribution in [3.8, 4) is 0 Å². The molecule has 1 aliphatic heterocycles. The van der Waals surface area contributed by atoms with E-state index in [1.807, 2.05) is 0 Å². The number of fused-ring (bicyclic) bond motifs is 1. The molecule has 2 aliphatic rings. The Morgan fingerprint density at radius 2 is 2.12 bits per heavy atom. The van der Waals surface area contributed by atoms with Crippen LogP contribution in [0.2, 0.25) is 0 Å². The fraction of sp³-hybridized carbons (Fsp3) is 0.500. The number of carbonyl (C=O) groups excluding carboxylic acids is 3. The quantitative estimate of drug-likeness (QED) is 0.756. The number of thioether (sulfide) groups is 1. The first-order valence-corrected chi connectivity index (χ1v) is 9.85. The fourth-order valence-electron chi connectivity index (χ4n) is 2.95. The van der Waals surface area contributed by atoms with Crippen molar-refractivity contribution in [1.29, 1.82) is 0 Å². The number of thiophene rings is 1. The molecule has 0 spiro atoms. The highest BCUT2D eigenvalue weighted by molar-refractivity contribution is 8.15. The third-order valence-electron chi connectivity index (χ3n) is 4.03. The molecular formula is C16H19N3O4S2. The van der Waals surface area contributed by atoms with E-state index >= 15 is 0 Å². The first-order valence-electron chi connectivity index (χ1n) is 8.15. The average Bonchev–Trinajstić information content (AvgIpc) is 3.06. The van der Waals surface area contributed by atoms with Crippen molar-refractivity contribution in [2.45, 2.75) is 44.3 Å². The molecule has 0 unspecified atom stereocenters. The summed E-state index contributed by atoms with van der Waals surface area (Å²) in [6.07, 6.45) is 3.79. The molecule has 3 rings (SSSR count). The molecule has 1 aromatic rings. The molecule has 0 aromatic carbocycles. The summed E-state index contributed by atoms with van der Waals surface area (Å²) in [6.45, 7) is 2.03. The van der Waals surface area contributed by atoms with Crippen molar-refractivity contribution in [2.24, 2.45) is 10.7 Å². The number of amides is 2. The zero-order valence-electron chi connectivity index (χ0n) is 13.8. The third kappa shape index (κ3) is 3.87. The molecule has 2 heterocycles. The molecule has 2 amide bonds. The Morgan fingerprint density at radius 3 is 2.80 bits per heavy atom. The topological polar surface area (TPSA) is 111 Å². The Hall–Kier alpha value is -1.87. The number of anilines is 1. The van der Waals surface area contributed by atoms with Crippen molar-refractivity contribution in [3.63, 3.8) is 0 Å². The summed E-state index contributed by atoms with van der Waals surface area (Å²) in [5, 5.41) is 2.89. The van der Waals surface area contributed by atoms with Crippen molar-refractivity contribution < 1.29 is 19.1 Å². The van der Waals surface area contributed by atoms with Crippen LogP contribution in [0, 0.1) is 0 Å². The van der Waals surface area contributed by atoms with Crippen molar-refractivity contribution in [3.05, 3.63) is 16.0 Å². The van der Waals surface area contributed by atoms with Gasteiger partial charge in [-0.1, -0.05) is 11.8 Å². The molecule has 3 N–H and O–H groups in total. The number of amidine groups is 1. The zero-order chi connectivity index (χ0) is 18.0. The maximum Gasteiger partial charge on any atom is 0.341 e. The molecule has 0 saturated carbocycles. The van der Waals surface area contributed by atoms with Crippen molar-refractivity contribution in [1.82, 2.24) is 0 Å². The number of esters is 1. The molecule has 0 radical (unpaired) electrons. The van der Waals surface area contributed by atoms with E-state index < -0.39 is 17.1 Å². The van der Waals surface area contributed by atoms with E-state index in [9.17, 15) is 14.4 Å². The number of rotatable bonds is 5. The Balaban J connectivity index is 1.77. The second kappa shape index (κ2) is 7.57. The lowest BCUT2D eigenvalue weighted by molar-refractivity contribution is -0.121. The summed E-state index contributed by atoms with van der Waals surface area (Å²) in [5.41, 5.74) is 6.97. The van der Waals surface area contributed by atoms with Gasteiger partial charge in [-0.25, -0.2) is 4.79 Å². The van der Waals surface area contributed by atoms with Crippen LogP contribution in [-0.4, -0.2) is 34.8 Å². The van der Waals surface area contributed by atoms with Crippen LogP contribution in [0.15, 0.2) is 4.99 Å². The van der Waals surface area contributed by atoms with Crippen LogP contribution in [0.1, 0.15) is 47.0 Å². The van der Waals surface area contributed by atoms with Crippen molar-refractivity contribution >= 4 is 51.1 Å². The van der Waals surface area contributed by atoms with E-state index in [1.165, 1.54) is 11.3 Å². The van der Waals surface area contributed by atoms with Crippen LogP contribution in [0.5, 0.6) is 0 Å². The van der Waals surface area contributed by atoms with Gasteiger partial charge in [0.25, 0.3) is 5.91 Å². The minimum Gasteiger partial charge on any atom is -0.462 e. The molecule has 0 saturated heterocycles. The zero-order valence-corrected chi connectivity index (χ0v) is 15.4. The van der Waals surface area contributed by atoms with Gasteiger partial charge in [-0.15, -0.1) is 11.3 Å². The third-order valence-corrected chi connectivity index (χ3v) is 6.23. The van der Waals surface area contributed by atoms with Gasteiger partial charge in [0.15, 0.2) is 5.17 Å². The Labute approximate surface area is 153 Å². The number of nitrogens with zero attached hydrogens (tertiary/aromatic N) is 1. The van der Waals surface area contributed by atoms with Crippen LogP contribution in [0.25, 0.3) is 0 Å². The van der Waals surface area contributed by atoms with Gasteiger partial charge in [-0.05, 0) is 38.2 Å². The summed E-state index contributed by atoms with van der Waals surface area (Å²) >= 11 is 2.51.